The van der Waals surface area contributed by atoms with Crippen molar-refractivity contribution in [3.05, 3.63) is 34.3 Å². The van der Waals surface area contributed by atoms with Gasteiger partial charge in [0.15, 0.2) is 0 Å². The summed E-state index contributed by atoms with van der Waals surface area (Å²) >= 11 is 5.98. The first-order valence-electron chi connectivity index (χ1n) is 5.55. The van der Waals surface area contributed by atoms with E-state index in [0.717, 1.165) is 11.4 Å². The minimum Gasteiger partial charge on any atom is -0.317 e. The second-order valence-corrected chi connectivity index (χ2v) is 4.57. The number of halogens is 1. The van der Waals surface area contributed by atoms with Crippen LogP contribution >= 0.6 is 11.6 Å². The summed E-state index contributed by atoms with van der Waals surface area (Å²) in [5, 5.41) is 4.11. The highest BCUT2D eigenvalue weighted by Gasteiger charge is 2.00. The van der Waals surface area contributed by atoms with Crippen molar-refractivity contribution >= 4 is 11.6 Å². The fourth-order valence-electron chi connectivity index (χ4n) is 1.62. The van der Waals surface area contributed by atoms with Gasteiger partial charge in [-0.1, -0.05) is 23.7 Å². The van der Waals surface area contributed by atoms with E-state index in [4.69, 9.17) is 11.6 Å². The van der Waals surface area contributed by atoms with Gasteiger partial charge in [0.25, 0.3) is 0 Å². The van der Waals surface area contributed by atoms with Crippen molar-refractivity contribution in [3.8, 4) is 0 Å². The lowest BCUT2D eigenvalue weighted by Crippen LogP contribution is -2.20. The zero-order valence-corrected chi connectivity index (χ0v) is 10.6. The lowest BCUT2D eigenvalue weighted by molar-refractivity contribution is 0.542. The Morgan fingerprint density at radius 2 is 2.13 bits per heavy atom. The maximum atomic E-state index is 5.98. The summed E-state index contributed by atoms with van der Waals surface area (Å²) in [6, 6.07) is 6.91. The predicted octanol–water partition coefficient (Wildman–Crippen LogP) is 3.58. The van der Waals surface area contributed by atoms with Crippen LogP contribution in [-0.4, -0.2) is 13.1 Å². The maximum absolute atomic E-state index is 5.98. The first kappa shape index (κ1) is 12.5. The summed E-state index contributed by atoms with van der Waals surface area (Å²) in [7, 11) is 2.01. The van der Waals surface area contributed by atoms with E-state index in [9.17, 15) is 0 Å². The molecule has 1 N–H and O–H groups in total. The third kappa shape index (κ3) is 4.23. The first-order chi connectivity index (χ1) is 7.13. The Labute approximate surface area is 97.8 Å². The molecule has 0 saturated heterocycles. The van der Waals surface area contributed by atoms with E-state index in [1.807, 2.05) is 13.1 Å². The van der Waals surface area contributed by atoms with Gasteiger partial charge in [-0.15, -0.1) is 0 Å². The van der Waals surface area contributed by atoms with E-state index in [2.05, 4.69) is 31.3 Å². The summed E-state index contributed by atoms with van der Waals surface area (Å²) < 4.78 is 0. The molecule has 0 bridgehead atoms. The minimum absolute atomic E-state index is 0.610. The summed E-state index contributed by atoms with van der Waals surface area (Å²) in [5.74, 6) is 0. The van der Waals surface area contributed by atoms with Gasteiger partial charge in [-0.25, -0.2) is 0 Å². The molecule has 0 spiro atoms. The van der Waals surface area contributed by atoms with Crippen LogP contribution in [0.2, 0.25) is 5.02 Å². The Bertz CT molecular complexity index is 309. The Morgan fingerprint density at radius 3 is 2.73 bits per heavy atom. The Kier molecular flexibility index (Phi) is 5.13. The summed E-state index contributed by atoms with van der Waals surface area (Å²) in [4.78, 5) is 0. The van der Waals surface area contributed by atoms with Crippen molar-refractivity contribution in [2.24, 2.45) is 0 Å². The molecule has 0 aliphatic carbocycles. The summed E-state index contributed by atoms with van der Waals surface area (Å²) in [6.07, 6.45) is 3.59. The second-order valence-electron chi connectivity index (χ2n) is 4.17. The van der Waals surface area contributed by atoms with Gasteiger partial charge in [-0.05, 0) is 57.4 Å². The third-order valence-corrected chi connectivity index (χ3v) is 3.24. The van der Waals surface area contributed by atoms with Gasteiger partial charge >= 0.3 is 0 Å². The third-order valence-electron chi connectivity index (χ3n) is 2.82. The van der Waals surface area contributed by atoms with Crippen LogP contribution in [0.3, 0.4) is 0 Å². The second kappa shape index (κ2) is 6.14. The number of hydrogen-bond acceptors (Lipinski definition) is 1. The average molecular weight is 226 g/mol. The van der Waals surface area contributed by atoms with Gasteiger partial charge in [0.1, 0.15) is 0 Å². The van der Waals surface area contributed by atoms with Crippen molar-refractivity contribution in [2.75, 3.05) is 7.05 Å². The van der Waals surface area contributed by atoms with Crippen molar-refractivity contribution in [1.29, 1.82) is 0 Å². The molecule has 0 heterocycles. The largest absolute Gasteiger partial charge is 0.317 e. The van der Waals surface area contributed by atoms with Crippen LogP contribution in [0, 0.1) is 6.92 Å². The van der Waals surface area contributed by atoms with Crippen molar-refractivity contribution in [3.63, 3.8) is 0 Å². The standard InChI is InChI=1S/C13H20ClN/c1-10-9-12(7-8-13(10)14)6-4-5-11(2)15-3/h7-9,11,15H,4-6H2,1-3H3. The fourth-order valence-corrected chi connectivity index (χ4v) is 1.74. The molecule has 84 valence electrons. The van der Waals surface area contributed by atoms with Gasteiger partial charge in [-0.2, -0.15) is 0 Å². The number of rotatable bonds is 5. The van der Waals surface area contributed by atoms with Crippen LogP contribution in [-0.2, 0) is 6.42 Å². The number of nitrogens with one attached hydrogen (secondary N) is 1. The molecule has 0 aromatic heterocycles. The Hall–Kier alpha value is -0.530. The Balaban J connectivity index is 2.41. The lowest BCUT2D eigenvalue weighted by Gasteiger charge is -2.09. The average Bonchev–Trinajstić information content (AvgIpc) is 2.23. The minimum atomic E-state index is 0.610. The van der Waals surface area contributed by atoms with Gasteiger partial charge < -0.3 is 5.32 Å². The highest BCUT2D eigenvalue weighted by atomic mass is 35.5. The van der Waals surface area contributed by atoms with E-state index < -0.39 is 0 Å². The van der Waals surface area contributed by atoms with Gasteiger partial charge in [0, 0.05) is 11.1 Å². The van der Waals surface area contributed by atoms with Crippen LogP contribution in [0.5, 0.6) is 0 Å². The highest BCUT2D eigenvalue weighted by molar-refractivity contribution is 6.31. The van der Waals surface area contributed by atoms with Gasteiger partial charge in [0.2, 0.25) is 0 Å². The molecule has 0 amide bonds. The van der Waals surface area contributed by atoms with Crippen molar-refractivity contribution < 1.29 is 0 Å². The van der Waals surface area contributed by atoms with Crippen LogP contribution in [0.4, 0.5) is 0 Å². The summed E-state index contributed by atoms with van der Waals surface area (Å²) in [6.45, 7) is 4.27. The molecule has 1 nitrogen and oxygen atoms in total. The van der Waals surface area contributed by atoms with Crippen LogP contribution < -0.4 is 5.32 Å². The molecule has 1 unspecified atom stereocenters. The van der Waals surface area contributed by atoms with Crippen LogP contribution in [0.1, 0.15) is 30.9 Å². The SMILES string of the molecule is CNC(C)CCCc1ccc(Cl)c(C)c1. The molecule has 0 aliphatic rings. The smallest absolute Gasteiger partial charge is 0.0435 e. The zero-order chi connectivity index (χ0) is 11.3. The lowest BCUT2D eigenvalue weighted by atomic mass is 10.0. The Morgan fingerprint density at radius 1 is 1.40 bits per heavy atom. The molecular formula is C13H20ClN. The van der Waals surface area contributed by atoms with Crippen LogP contribution in [0.15, 0.2) is 18.2 Å². The quantitative estimate of drug-likeness (QED) is 0.808. The first-order valence-corrected chi connectivity index (χ1v) is 5.93. The zero-order valence-electron chi connectivity index (χ0n) is 9.81. The number of hydrogen-bond donors (Lipinski definition) is 1. The summed E-state index contributed by atoms with van der Waals surface area (Å²) in [5.41, 5.74) is 2.57. The molecular weight excluding hydrogens is 206 g/mol. The number of aryl methyl sites for hydroxylation is 2. The molecule has 1 aromatic carbocycles. The number of benzene rings is 1. The molecule has 0 radical (unpaired) electrons. The molecule has 15 heavy (non-hydrogen) atoms. The van der Waals surface area contributed by atoms with E-state index in [1.54, 1.807) is 0 Å². The fraction of sp³-hybridized carbons (Fsp3) is 0.538. The molecule has 1 aromatic rings. The maximum Gasteiger partial charge on any atom is 0.0435 e. The van der Waals surface area contributed by atoms with Gasteiger partial charge in [0.05, 0.1) is 0 Å². The topological polar surface area (TPSA) is 12.0 Å². The molecule has 0 fully saturated rings. The van der Waals surface area contributed by atoms with E-state index in [0.29, 0.717) is 6.04 Å². The van der Waals surface area contributed by atoms with E-state index in [1.165, 1.54) is 24.0 Å². The molecule has 0 aliphatic heterocycles. The molecule has 0 saturated carbocycles. The predicted molar refractivity (Wildman–Crippen MR) is 67.6 cm³/mol. The van der Waals surface area contributed by atoms with Crippen molar-refractivity contribution in [2.45, 2.75) is 39.2 Å². The van der Waals surface area contributed by atoms with E-state index in [-0.39, 0.29) is 0 Å². The normalized spacial score (nSPS) is 12.8. The molecule has 1 atom stereocenters. The van der Waals surface area contributed by atoms with Gasteiger partial charge in [-0.3, -0.25) is 0 Å². The molecule has 1 rings (SSSR count). The highest BCUT2D eigenvalue weighted by Crippen LogP contribution is 2.17. The van der Waals surface area contributed by atoms with Crippen molar-refractivity contribution in [1.82, 2.24) is 5.32 Å². The molecule has 2 heteroatoms. The van der Waals surface area contributed by atoms with E-state index >= 15 is 0 Å². The monoisotopic (exact) mass is 225 g/mol. The van der Waals surface area contributed by atoms with Crippen LogP contribution in [0.25, 0.3) is 0 Å².